The van der Waals surface area contributed by atoms with Crippen LogP contribution >= 0.6 is 11.6 Å². The maximum absolute atomic E-state index is 12.5. The molecule has 1 aromatic carbocycles. The number of benzene rings is 1. The van der Waals surface area contributed by atoms with E-state index >= 15 is 0 Å². The van der Waals surface area contributed by atoms with Crippen LogP contribution in [0.4, 0.5) is 20.3 Å². The standard InChI is InChI=1S/C13H13ClF2N4O/c14-13(15,16)21-11-5-3-10(4-6-11)20-12-9(8-19-17)2-1-7-18-12/h1-7,19H,8,17H2,(H,18,20). The van der Waals surface area contributed by atoms with E-state index in [-0.39, 0.29) is 5.75 Å². The summed E-state index contributed by atoms with van der Waals surface area (Å²) in [6.45, 7) is 0.440. The molecule has 8 heteroatoms. The van der Waals surface area contributed by atoms with E-state index in [1.807, 2.05) is 6.07 Å². The lowest BCUT2D eigenvalue weighted by atomic mass is 10.2. The molecule has 112 valence electrons. The van der Waals surface area contributed by atoms with Crippen LogP contribution in [0.2, 0.25) is 0 Å². The molecule has 4 N–H and O–H groups in total. The number of pyridine rings is 1. The molecule has 0 amide bonds. The number of nitrogens with zero attached hydrogens (tertiary/aromatic N) is 1. The van der Waals surface area contributed by atoms with Gasteiger partial charge < -0.3 is 10.1 Å². The maximum atomic E-state index is 12.5. The van der Waals surface area contributed by atoms with E-state index in [0.717, 1.165) is 5.56 Å². The molecule has 0 bridgehead atoms. The Hall–Kier alpha value is -1.96. The Labute approximate surface area is 125 Å². The molecule has 0 aliphatic heterocycles. The Kier molecular flexibility index (Phi) is 4.89. The molecule has 1 aromatic heterocycles. The predicted molar refractivity (Wildman–Crippen MR) is 76.4 cm³/mol. The van der Waals surface area contributed by atoms with Crippen LogP contribution in [0.25, 0.3) is 0 Å². The zero-order chi connectivity index (χ0) is 15.3. The average Bonchev–Trinajstić information content (AvgIpc) is 2.42. The number of nitrogens with two attached hydrogens (primary N) is 1. The molecule has 5 nitrogen and oxygen atoms in total. The third-order valence-corrected chi connectivity index (χ3v) is 2.61. The first-order valence-electron chi connectivity index (χ1n) is 5.98. The van der Waals surface area contributed by atoms with Crippen molar-refractivity contribution in [3.63, 3.8) is 0 Å². The quantitative estimate of drug-likeness (QED) is 0.434. The van der Waals surface area contributed by atoms with Gasteiger partial charge in [0.15, 0.2) is 0 Å². The van der Waals surface area contributed by atoms with Crippen molar-refractivity contribution in [2.24, 2.45) is 5.84 Å². The summed E-state index contributed by atoms with van der Waals surface area (Å²) in [7, 11) is 0. The molecule has 0 aliphatic carbocycles. The Balaban J connectivity index is 2.10. The van der Waals surface area contributed by atoms with Crippen molar-refractivity contribution in [2.75, 3.05) is 5.32 Å². The van der Waals surface area contributed by atoms with E-state index in [1.54, 1.807) is 24.4 Å². The first kappa shape index (κ1) is 15.4. The smallest absolute Gasteiger partial charge is 0.420 e. The van der Waals surface area contributed by atoms with Crippen molar-refractivity contribution < 1.29 is 13.5 Å². The summed E-state index contributed by atoms with van der Waals surface area (Å²) in [5.74, 6) is 5.88. The van der Waals surface area contributed by atoms with Gasteiger partial charge in [0.2, 0.25) is 0 Å². The zero-order valence-electron chi connectivity index (χ0n) is 10.8. The number of ether oxygens (including phenoxy) is 1. The lowest BCUT2D eigenvalue weighted by molar-refractivity contribution is -0.0964. The molecule has 21 heavy (non-hydrogen) atoms. The van der Waals surface area contributed by atoms with Crippen LogP contribution < -0.4 is 21.3 Å². The minimum atomic E-state index is -3.73. The van der Waals surface area contributed by atoms with Crippen LogP contribution in [-0.2, 0) is 6.54 Å². The summed E-state index contributed by atoms with van der Waals surface area (Å²) in [5.41, 5.74) is 0.353. The van der Waals surface area contributed by atoms with E-state index in [4.69, 9.17) is 17.4 Å². The second kappa shape index (κ2) is 6.66. The maximum Gasteiger partial charge on any atom is 0.487 e. The number of aromatic nitrogens is 1. The SMILES string of the molecule is NNCc1cccnc1Nc1ccc(OC(F)(F)Cl)cc1. The molecule has 0 atom stereocenters. The highest BCUT2D eigenvalue weighted by molar-refractivity contribution is 6.20. The number of anilines is 2. The molecule has 0 unspecified atom stereocenters. The lowest BCUT2D eigenvalue weighted by Gasteiger charge is -2.12. The molecule has 0 spiro atoms. The van der Waals surface area contributed by atoms with Gasteiger partial charge in [-0.2, -0.15) is 0 Å². The van der Waals surface area contributed by atoms with Gasteiger partial charge in [-0.3, -0.25) is 11.3 Å². The Morgan fingerprint density at radius 2 is 1.95 bits per heavy atom. The number of hydrazine groups is 1. The summed E-state index contributed by atoms with van der Waals surface area (Å²) in [6, 6.07) is 9.56. The van der Waals surface area contributed by atoms with Gasteiger partial charge in [0, 0.05) is 35.6 Å². The second-order valence-electron chi connectivity index (χ2n) is 4.09. The topological polar surface area (TPSA) is 72.2 Å². The zero-order valence-corrected chi connectivity index (χ0v) is 11.6. The highest BCUT2D eigenvalue weighted by atomic mass is 35.5. The molecule has 0 saturated heterocycles. The van der Waals surface area contributed by atoms with Gasteiger partial charge in [0.1, 0.15) is 11.6 Å². The molecular formula is C13H13ClF2N4O. The van der Waals surface area contributed by atoms with Crippen LogP contribution in [0.5, 0.6) is 5.75 Å². The molecule has 0 aliphatic rings. The number of hydrogen-bond donors (Lipinski definition) is 3. The van der Waals surface area contributed by atoms with Gasteiger partial charge in [0.25, 0.3) is 0 Å². The molecule has 0 radical (unpaired) electrons. The van der Waals surface area contributed by atoms with Gasteiger partial charge in [-0.1, -0.05) is 6.07 Å². The van der Waals surface area contributed by atoms with Crippen molar-refractivity contribution >= 4 is 23.1 Å². The summed E-state index contributed by atoms with van der Waals surface area (Å²) < 4.78 is 29.2. The van der Waals surface area contributed by atoms with E-state index in [0.29, 0.717) is 18.1 Å². The fourth-order valence-electron chi connectivity index (χ4n) is 1.68. The fourth-order valence-corrected chi connectivity index (χ4v) is 1.77. The number of nitrogens with one attached hydrogen (secondary N) is 2. The van der Waals surface area contributed by atoms with Crippen molar-refractivity contribution in [1.29, 1.82) is 0 Å². The van der Waals surface area contributed by atoms with E-state index < -0.39 is 5.57 Å². The minimum absolute atomic E-state index is 0.0366. The van der Waals surface area contributed by atoms with Crippen LogP contribution in [-0.4, -0.2) is 10.6 Å². The number of halogens is 3. The van der Waals surface area contributed by atoms with Gasteiger partial charge in [-0.05, 0) is 30.3 Å². The minimum Gasteiger partial charge on any atom is -0.420 e. The average molecular weight is 315 g/mol. The summed E-state index contributed by atoms with van der Waals surface area (Å²) in [5, 5.41) is 3.06. The van der Waals surface area contributed by atoms with Crippen LogP contribution in [0.15, 0.2) is 42.6 Å². The van der Waals surface area contributed by atoms with Gasteiger partial charge in [0.05, 0.1) is 0 Å². The molecule has 2 aromatic rings. The van der Waals surface area contributed by atoms with E-state index in [2.05, 4.69) is 20.5 Å². The number of hydrogen-bond acceptors (Lipinski definition) is 5. The second-order valence-corrected chi connectivity index (χ2v) is 4.53. The van der Waals surface area contributed by atoms with Gasteiger partial charge in [-0.25, -0.2) is 4.98 Å². The molecule has 2 rings (SSSR count). The van der Waals surface area contributed by atoms with Crippen LogP contribution in [0.3, 0.4) is 0 Å². The third-order valence-electron chi connectivity index (χ3n) is 2.53. The summed E-state index contributed by atoms with van der Waals surface area (Å²) in [4.78, 5) is 4.20. The number of rotatable bonds is 6. The fraction of sp³-hybridized carbons (Fsp3) is 0.154. The van der Waals surface area contributed by atoms with Gasteiger partial charge in [-0.15, -0.1) is 8.78 Å². The first-order valence-corrected chi connectivity index (χ1v) is 6.36. The Morgan fingerprint density at radius 3 is 2.57 bits per heavy atom. The van der Waals surface area contributed by atoms with Crippen molar-refractivity contribution in [2.45, 2.75) is 12.1 Å². The van der Waals surface area contributed by atoms with E-state index in [9.17, 15) is 8.78 Å². The number of alkyl halides is 3. The molecule has 0 fully saturated rings. The predicted octanol–water partition coefficient (Wildman–Crippen LogP) is 2.96. The summed E-state index contributed by atoms with van der Waals surface area (Å²) in [6.07, 6.45) is 1.63. The Bertz CT molecular complexity index is 589. The van der Waals surface area contributed by atoms with Gasteiger partial charge >= 0.3 is 5.57 Å². The van der Waals surface area contributed by atoms with Crippen molar-refractivity contribution in [1.82, 2.24) is 10.4 Å². The highest BCUT2D eigenvalue weighted by Gasteiger charge is 2.27. The highest BCUT2D eigenvalue weighted by Crippen LogP contribution is 2.27. The molecule has 0 saturated carbocycles. The summed E-state index contributed by atoms with van der Waals surface area (Å²) >= 11 is 4.69. The van der Waals surface area contributed by atoms with E-state index in [1.165, 1.54) is 12.1 Å². The molecular weight excluding hydrogens is 302 g/mol. The normalized spacial score (nSPS) is 11.2. The first-order chi connectivity index (χ1) is 9.98. The largest absolute Gasteiger partial charge is 0.487 e. The van der Waals surface area contributed by atoms with Crippen molar-refractivity contribution in [3.05, 3.63) is 48.2 Å². The van der Waals surface area contributed by atoms with Crippen molar-refractivity contribution in [3.8, 4) is 5.75 Å². The molecule has 1 heterocycles. The monoisotopic (exact) mass is 314 g/mol. The third kappa shape index (κ3) is 4.82. The lowest BCUT2D eigenvalue weighted by Crippen LogP contribution is -2.21. The van der Waals surface area contributed by atoms with Crippen LogP contribution in [0, 0.1) is 0 Å². The van der Waals surface area contributed by atoms with Crippen LogP contribution in [0.1, 0.15) is 5.56 Å². The Morgan fingerprint density at radius 1 is 1.24 bits per heavy atom.